The quantitative estimate of drug-likeness (QED) is 0.709. The Hall–Kier alpha value is -1.31. The molecule has 0 spiro atoms. The largest absolute Gasteiger partial charge is 0.395 e. The van der Waals surface area contributed by atoms with Crippen molar-refractivity contribution >= 4 is 44.8 Å². The van der Waals surface area contributed by atoms with Crippen LogP contribution in [0.15, 0.2) is 18.2 Å². The summed E-state index contributed by atoms with van der Waals surface area (Å²) in [4.78, 5) is 0. The lowest BCUT2D eigenvalue weighted by Crippen LogP contribution is -2.30. The second-order valence-electron chi connectivity index (χ2n) is 3.06. The van der Waals surface area contributed by atoms with E-state index in [0.29, 0.717) is 11.7 Å². The molecule has 0 unspecified atom stereocenters. The number of thiocarbonyl (C=S) groups is 1. The second kappa shape index (κ2) is 5.15. The fourth-order valence-electron chi connectivity index (χ4n) is 1.20. The summed E-state index contributed by atoms with van der Waals surface area (Å²) in [5, 5.41) is 18.9. The van der Waals surface area contributed by atoms with Crippen LogP contribution in [-0.2, 0) is 0 Å². The maximum absolute atomic E-state index is 8.63. The number of anilines is 1. The molecule has 0 aliphatic heterocycles. The Morgan fingerprint density at radius 1 is 1.50 bits per heavy atom. The number of hydrogen-bond acceptors (Lipinski definition) is 5. The highest BCUT2D eigenvalue weighted by Crippen LogP contribution is 2.19. The summed E-state index contributed by atoms with van der Waals surface area (Å²) in [5.41, 5.74) is 1.70. The number of aliphatic hydroxyl groups is 1. The minimum atomic E-state index is 0.0524. The van der Waals surface area contributed by atoms with Gasteiger partial charge in [0.15, 0.2) is 5.11 Å². The van der Waals surface area contributed by atoms with Crippen LogP contribution in [0.2, 0.25) is 0 Å². The predicted molar refractivity (Wildman–Crippen MR) is 68.7 cm³/mol. The fourth-order valence-corrected chi connectivity index (χ4v) is 1.96. The number of fused-ring (bicyclic) bond motifs is 1. The van der Waals surface area contributed by atoms with Crippen LogP contribution in [0.3, 0.4) is 0 Å². The Bertz CT molecular complexity index is 499. The molecule has 1 heterocycles. The van der Waals surface area contributed by atoms with Crippen LogP contribution in [0.4, 0.5) is 5.69 Å². The first-order valence-corrected chi connectivity index (χ1v) is 5.85. The number of nitrogens with one attached hydrogen (secondary N) is 2. The Morgan fingerprint density at radius 3 is 3.19 bits per heavy atom. The van der Waals surface area contributed by atoms with Crippen molar-refractivity contribution in [3.63, 3.8) is 0 Å². The first kappa shape index (κ1) is 11.2. The van der Waals surface area contributed by atoms with E-state index in [-0.39, 0.29) is 6.61 Å². The molecule has 0 saturated heterocycles. The van der Waals surface area contributed by atoms with E-state index in [2.05, 4.69) is 20.2 Å². The second-order valence-corrected chi connectivity index (χ2v) is 4.25. The van der Waals surface area contributed by atoms with E-state index in [1.54, 1.807) is 0 Å². The summed E-state index contributed by atoms with van der Waals surface area (Å²) in [7, 11) is 0. The van der Waals surface area contributed by atoms with E-state index in [1.165, 1.54) is 11.5 Å². The summed E-state index contributed by atoms with van der Waals surface area (Å²) in [6.45, 7) is 0.489. The number of nitrogens with zero attached hydrogens (tertiary/aromatic N) is 2. The highest BCUT2D eigenvalue weighted by Gasteiger charge is 2.01. The molecule has 7 heteroatoms. The Morgan fingerprint density at radius 2 is 2.38 bits per heavy atom. The van der Waals surface area contributed by atoms with Crippen LogP contribution in [0.5, 0.6) is 0 Å². The van der Waals surface area contributed by atoms with Crippen LogP contribution >= 0.6 is 23.8 Å². The minimum Gasteiger partial charge on any atom is -0.395 e. The summed E-state index contributed by atoms with van der Waals surface area (Å²) >= 11 is 6.40. The zero-order valence-electron chi connectivity index (χ0n) is 8.30. The Labute approximate surface area is 102 Å². The van der Waals surface area contributed by atoms with E-state index in [1.807, 2.05) is 18.2 Å². The molecule has 5 nitrogen and oxygen atoms in total. The third-order valence-electron chi connectivity index (χ3n) is 1.90. The van der Waals surface area contributed by atoms with Crippen LogP contribution in [-0.4, -0.2) is 33.0 Å². The number of rotatable bonds is 3. The van der Waals surface area contributed by atoms with E-state index >= 15 is 0 Å². The molecule has 0 radical (unpaired) electrons. The molecule has 0 aliphatic carbocycles. The molecule has 0 saturated carbocycles. The molecule has 84 valence electrons. The molecule has 0 aliphatic rings. The fraction of sp³-hybridized carbons (Fsp3) is 0.222. The maximum atomic E-state index is 8.63. The SMILES string of the molecule is OCCNC(=S)Nc1ccc2snnc2c1. The van der Waals surface area contributed by atoms with Gasteiger partial charge in [-0.15, -0.1) is 5.10 Å². The van der Waals surface area contributed by atoms with Gasteiger partial charge >= 0.3 is 0 Å². The van der Waals surface area contributed by atoms with Gasteiger partial charge in [0, 0.05) is 12.2 Å². The molecule has 3 N–H and O–H groups in total. The lowest BCUT2D eigenvalue weighted by molar-refractivity contribution is 0.301. The lowest BCUT2D eigenvalue weighted by atomic mass is 10.3. The first-order valence-electron chi connectivity index (χ1n) is 4.67. The van der Waals surface area contributed by atoms with Gasteiger partial charge in [-0.05, 0) is 41.9 Å². The van der Waals surface area contributed by atoms with Gasteiger partial charge in [0.2, 0.25) is 0 Å². The Balaban J connectivity index is 2.06. The van der Waals surface area contributed by atoms with Crippen molar-refractivity contribution < 1.29 is 5.11 Å². The van der Waals surface area contributed by atoms with Gasteiger partial charge in [-0.25, -0.2) is 0 Å². The molecule has 2 rings (SSSR count). The molecular weight excluding hydrogens is 244 g/mol. The van der Waals surface area contributed by atoms with E-state index in [9.17, 15) is 0 Å². The smallest absolute Gasteiger partial charge is 0.170 e. The predicted octanol–water partition coefficient (Wildman–Crippen LogP) is 0.970. The van der Waals surface area contributed by atoms with E-state index < -0.39 is 0 Å². The molecular formula is C9H10N4OS2. The lowest BCUT2D eigenvalue weighted by Gasteiger charge is -2.08. The zero-order valence-corrected chi connectivity index (χ0v) is 9.94. The van der Waals surface area contributed by atoms with Crippen LogP contribution in [0.25, 0.3) is 10.2 Å². The topological polar surface area (TPSA) is 70.1 Å². The standard InChI is InChI=1S/C9H10N4OS2/c14-4-3-10-9(15)11-6-1-2-8-7(5-6)12-13-16-8/h1-2,5,14H,3-4H2,(H2,10,11,15). The molecule has 1 aromatic carbocycles. The van der Waals surface area contributed by atoms with Gasteiger partial charge in [-0.1, -0.05) is 4.49 Å². The van der Waals surface area contributed by atoms with Crippen LogP contribution < -0.4 is 10.6 Å². The van der Waals surface area contributed by atoms with Crippen molar-refractivity contribution in [2.75, 3.05) is 18.5 Å². The van der Waals surface area contributed by atoms with Gasteiger partial charge in [-0.3, -0.25) is 0 Å². The average Bonchev–Trinajstić information content (AvgIpc) is 2.73. The molecule has 0 fully saturated rings. The normalized spacial score (nSPS) is 10.3. The first-order chi connectivity index (χ1) is 7.79. The van der Waals surface area contributed by atoms with Crippen LogP contribution in [0.1, 0.15) is 0 Å². The van der Waals surface area contributed by atoms with Gasteiger partial charge in [-0.2, -0.15) is 0 Å². The number of aliphatic hydroxyl groups excluding tert-OH is 1. The molecule has 0 amide bonds. The minimum absolute atomic E-state index is 0.0524. The number of aromatic nitrogens is 2. The van der Waals surface area contributed by atoms with Crippen molar-refractivity contribution in [1.82, 2.24) is 14.9 Å². The van der Waals surface area contributed by atoms with Crippen molar-refractivity contribution in [2.24, 2.45) is 0 Å². The van der Waals surface area contributed by atoms with Crippen LogP contribution in [0, 0.1) is 0 Å². The third kappa shape index (κ3) is 2.63. The summed E-state index contributed by atoms with van der Waals surface area (Å²) < 4.78 is 4.89. The van der Waals surface area contributed by atoms with Gasteiger partial charge < -0.3 is 15.7 Å². The summed E-state index contributed by atoms with van der Waals surface area (Å²) in [5.74, 6) is 0. The van der Waals surface area contributed by atoms with Crippen molar-refractivity contribution in [2.45, 2.75) is 0 Å². The van der Waals surface area contributed by atoms with E-state index in [4.69, 9.17) is 17.3 Å². The monoisotopic (exact) mass is 254 g/mol. The maximum Gasteiger partial charge on any atom is 0.170 e. The van der Waals surface area contributed by atoms with Gasteiger partial charge in [0.25, 0.3) is 0 Å². The molecule has 2 aromatic rings. The Kier molecular flexibility index (Phi) is 3.60. The average molecular weight is 254 g/mol. The molecule has 1 aromatic heterocycles. The third-order valence-corrected chi connectivity index (χ3v) is 2.85. The number of hydrogen-bond donors (Lipinski definition) is 3. The van der Waals surface area contributed by atoms with Gasteiger partial charge in [0.1, 0.15) is 5.52 Å². The van der Waals surface area contributed by atoms with E-state index in [0.717, 1.165) is 15.9 Å². The highest BCUT2D eigenvalue weighted by molar-refractivity contribution is 7.80. The van der Waals surface area contributed by atoms with Gasteiger partial charge in [0.05, 0.1) is 11.3 Å². The zero-order chi connectivity index (χ0) is 11.4. The highest BCUT2D eigenvalue weighted by atomic mass is 32.1. The summed E-state index contributed by atoms with van der Waals surface area (Å²) in [6, 6.07) is 5.73. The van der Waals surface area contributed by atoms with Crippen molar-refractivity contribution in [1.29, 1.82) is 0 Å². The number of benzene rings is 1. The molecule has 0 bridgehead atoms. The van der Waals surface area contributed by atoms with Crippen molar-refractivity contribution in [3.05, 3.63) is 18.2 Å². The molecule has 0 atom stereocenters. The molecule has 16 heavy (non-hydrogen) atoms. The summed E-state index contributed by atoms with van der Waals surface area (Å²) in [6.07, 6.45) is 0. The van der Waals surface area contributed by atoms with Crippen molar-refractivity contribution in [3.8, 4) is 0 Å².